The summed E-state index contributed by atoms with van der Waals surface area (Å²) in [6.07, 6.45) is 1.95. The van der Waals surface area contributed by atoms with E-state index >= 15 is 0 Å². The van der Waals surface area contributed by atoms with Crippen LogP contribution in [0.4, 0.5) is 0 Å². The van der Waals surface area contributed by atoms with E-state index in [9.17, 15) is 4.79 Å². The number of carbonyl (C=O) groups is 1. The molecule has 2 nitrogen and oxygen atoms in total. The van der Waals surface area contributed by atoms with Crippen molar-refractivity contribution in [3.8, 4) is 0 Å². The summed E-state index contributed by atoms with van der Waals surface area (Å²) in [5.74, 6) is 0.112. The van der Waals surface area contributed by atoms with Crippen LogP contribution >= 0.6 is 15.9 Å². The predicted molar refractivity (Wildman–Crippen MR) is 87.4 cm³/mol. The average Bonchev–Trinajstić information content (AvgIpc) is 2.47. The van der Waals surface area contributed by atoms with Gasteiger partial charge in [0.25, 0.3) is 0 Å². The highest BCUT2D eigenvalue weighted by Crippen LogP contribution is 2.13. The van der Waals surface area contributed by atoms with Crippen molar-refractivity contribution < 1.29 is 26.3 Å². The van der Waals surface area contributed by atoms with Gasteiger partial charge in [-0.15, -0.1) is 0 Å². The van der Waals surface area contributed by atoms with Crippen LogP contribution in [0.15, 0.2) is 65.3 Å². The van der Waals surface area contributed by atoms with Gasteiger partial charge in [0.1, 0.15) is 0 Å². The van der Waals surface area contributed by atoms with E-state index in [2.05, 4.69) is 47.1 Å². The minimum absolute atomic E-state index is 0. The van der Waals surface area contributed by atoms with E-state index in [4.69, 9.17) is 0 Å². The molecule has 0 aliphatic rings. The lowest BCUT2D eigenvalue weighted by Gasteiger charge is -2.02. The molecule has 0 N–H and O–H groups in total. The predicted octanol–water partition coefficient (Wildman–Crippen LogP) is 1.09. The summed E-state index contributed by atoms with van der Waals surface area (Å²) in [7, 11) is 0. The number of aryl methyl sites for hydroxylation is 1. The van der Waals surface area contributed by atoms with Gasteiger partial charge >= 0.3 is 0 Å². The monoisotopic (exact) mass is 419 g/mol. The van der Waals surface area contributed by atoms with Gasteiger partial charge in [0.2, 0.25) is 17.8 Å². The third-order valence-electron chi connectivity index (χ3n) is 3.51. The van der Waals surface area contributed by atoms with Crippen LogP contribution in [0.3, 0.4) is 0 Å². The van der Waals surface area contributed by atoms with Crippen molar-refractivity contribution in [2.75, 3.05) is 0 Å². The van der Waals surface area contributed by atoms with E-state index in [0.29, 0.717) is 6.54 Å². The van der Waals surface area contributed by atoms with E-state index in [0.717, 1.165) is 20.9 Å². The minimum atomic E-state index is 0. The summed E-state index contributed by atoms with van der Waals surface area (Å²) in [4.78, 5) is 12.4. The molecule has 0 aliphatic heterocycles. The highest BCUT2D eigenvalue weighted by molar-refractivity contribution is 9.10. The molecule has 2 aromatic carbocycles. The molecule has 0 saturated heterocycles. The fraction of sp³-hybridized carbons (Fsp3) is 0.111. The van der Waals surface area contributed by atoms with Crippen LogP contribution in [0.2, 0.25) is 0 Å². The molecule has 0 amide bonds. The molecular formula is C18H15Br2NO. The summed E-state index contributed by atoms with van der Waals surface area (Å²) >= 11 is 3.38. The van der Waals surface area contributed by atoms with Crippen molar-refractivity contribution in [1.29, 1.82) is 0 Å². The topological polar surface area (TPSA) is 20.9 Å². The quantitative estimate of drug-likeness (QED) is 0.459. The highest BCUT2D eigenvalue weighted by atomic mass is 79.9. The molecule has 3 rings (SSSR count). The molecule has 0 radical (unpaired) electrons. The first-order chi connectivity index (χ1) is 10.1. The van der Waals surface area contributed by atoms with Crippen molar-refractivity contribution in [3.63, 3.8) is 0 Å². The molecular weight excluding hydrogens is 406 g/mol. The third-order valence-corrected chi connectivity index (χ3v) is 4.04. The fourth-order valence-corrected chi connectivity index (χ4v) is 2.68. The van der Waals surface area contributed by atoms with E-state index in [-0.39, 0.29) is 22.8 Å². The zero-order valence-corrected chi connectivity index (χ0v) is 15.3. The van der Waals surface area contributed by atoms with E-state index in [1.807, 2.05) is 41.1 Å². The number of rotatable bonds is 3. The number of ketones is 1. The molecule has 0 aliphatic carbocycles. The number of hydrogen-bond acceptors (Lipinski definition) is 1. The number of aromatic nitrogens is 1. The first-order valence-corrected chi connectivity index (χ1v) is 7.60. The van der Waals surface area contributed by atoms with Crippen LogP contribution in [0.1, 0.15) is 15.9 Å². The zero-order chi connectivity index (χ0) is 14.8. The number of pyridine rings is 1. The van der Waals surface area contributed by atoms with Gasteiger partial charge in [0, 0.05) is 27.6 Å². The van der Waals surface area contributed by atoms with Gasteiger partial charge in [-0.05, 0) is 31.2 Å². The fourth-order valence-electron chi connectivity index (χ4n) is 2.42. The summed E-state index contributed by atoms with van der Waals surface area (Å²) in [6, 6.07) is 17.8. The number of fused-ring (bicyclic) bond motifs is 1. The second-order valence-electron chi connectivity index (χ2n) is 5.13. The smallest absolute Gasteiger partial charge is 0.227 e. The van der Waals surface area contributed by atoms with Crippen LogP contribution in [-0.2, 0) is 6.54 Å². The van der Waals surface area contributed by atoms with Crippen LogP contribution in [0, 0.1) is 6.92 Å². The Bertz CT molecular complexity index is 813. The molecule has 1 heterocycles. The van der Waals surface area contributed by atoms with Crippen molar-refractivity contribution in [3.05, 3.63) is 76.4 Å². The summed E-state index contributed by atoms with van der Waals surface area (Å²) in [5, 5.41) is 1.15. The van der Waals surface area contributed by atoms with Gasteiger partial charge in [-0.1, -0.05) is 39.7 Å². The van der Waals surface area contributed by atoms with Crippen LogP contribution < -0.4 is 21.5 Å². The molecule has 22 heavy (non-hydrogen) atoms. The SMILES string of the molecule is Cc1ccc2c(ccc[n+]2CC(=O)c2ccc(Br)cc2)c1.[Br-]. The van der Waals surface area contributed by atoms with Gasteiger partial charge in [-0.2, -0.15) is 4.57 Å². The van der Waals surface area contributed by atoms with Crippen molar-refractivity contribution >= 4 is 32.6 Å². The van der Waals surface area contributed by atoms with Gasteiger partial charge in [0.05, 0.1) is 0 Å². The second kappa shape index (κ2) is 7.16. The first kappa shape index (κ1) is 16.8. The van der Waals surface area contributed by atoms with Crippen molar-refractivity contribution in [2.24, 2.45) is 0 Å². The largest absolute Gasteiger partial charge is 1.00 e. The molecule has 112 valence electrons. The molecule has 3 aromatic rings. The summed E-state index contributed by atoms with van der Waals surface area (Å²) < 4.78 is 2.98. The van der Waals surface area contributed by atoms with Crippen molar-refractivity contribution in [2.45, 2.75) is 13.5 Å². The maximum absolute atomic E-state index is 12.4. The van der Waals surface area contributed by atoms with Crippen LogP contribution in [0.25, 0.3) is 10.9 Å². The Morgan fingerprint density at radius 3 is 2.55 bits per heavy atom. The Kier molecular flexibility index (Phi) is 5.48. The van der Waals surface area contributed by atoms with E-state index < -0.39 is 0 Å². The number of benzene rings is 2. The van der Waals surface area contributed by atoms with Gasteiger partial charge in [0.15, 0.2) is 6.20 Å². The Balaban J connectivity index is 0.00000176. The maximum Gasteiger partial charge on any atom is 0.227 e. The summed E-state index contributed by atoms with van der Waals surface area (Å²) in [5.41, 5.74) is 3.03. The molecule has 0 fully saturated rings. The number of nitrogens with zero attached hydrogens (tertiary/aromatic N) is 1. The Labute approximate surface area is 148 Å². The lowest BCUT2D eigenvalue weighted by molar-refractivity contribution is -0.657. The number of halogens is 2. The molecule has 4 heteroatoms. The zero-order valence-electron chi connectivity index (χ0n) is 12.1. The van der Waals surface area contributed by atoms with E-state index in [1.165, 1.54) is 5.56 Å². The lowest BCUT2D eigenvalue weighted by Crippen LogP contribution is -3.00. The molecule has 1 aromatic heterocycles. The molecule has 0 unspecified atom stereocenters. The minimum Gasteiger partial charge on any atom is -1.00 e. The molecule has 0 saturated carbocycles. The van der Waals surface area contributed by atoms with Gasteiger partial charge < -0.3 is 17.0 Å². The van der Waals surface area contributed by atoms with Gasteiger partial charge in [-0.3, -0.25) is 4.79 Å². The Morgan fingerprint density at radius 2 is 1.82 bits per heavy atom. The normalized spacial score (nSPS) is 10.3. The second-order valence-corrected chi connectivity index (χ2v) is 6.04. The maximum atomic E-state index is 12.4. The van der Waals surface area contributed by atoms with E-state index in [1.54, 1.807) is 0 Å². The molecule has 0 atom stereocenters. The molecule has 0 spiro atoms. The lowest BCUT2D eigenvalue weighted by atomic mass is 10.1. The Morgan fingerprint density at radius 1 is 1.09 bits per heavy atom. The van der Waals surface area contributed by atoms with Crippen LogP contribution in [0.5, 0.6) is 0 Å². The number of hydrogen-bond donors (Lipinski definition) is 0. The van der Waals surface area contributed by atoms with Crippen LogP contribution in [-0.4, -0.2) is 5.78 Å². The Hall–Kier alpha value is -1.52. The number of carbonyl (C=O) groups excluding carboxylic acids is 1. The third kappa shape index (κ3) is 3.62. The standard InChI is InChI=1S/C18H15BrNO.BrH/c1-13-4-9-17-15(11-13)3-2-10-20(17)12-18(21)14-5-7-16(19)8-6-14;/h2-11H,12H2,1H3;1H/q+1;/p-1. The average molecular weight is 421 g/mol. The van der Waals surface area contributed by atoms with Crippen molar-refractivity contribution in [1.82, 2.24) is 0 Å². The highest BCUT2D eigenvalue weighted by Gasteiger charge is 2.15. The molecule has 0 bridgehead atoms. The summed E-state index contributed by atoms with van der Waals surface area (Å²) in [6.45, 7) is 2.42. The van der Waals surface area contributed by atoms with Gasteiger partial charge in [-0.25, -0.2) is 0 Å². The first-order valence-electron chi connectivity index (χ1n) is 6.81. The number of Topliss-reactive ketones (excluding diaryl/α,β-unsaturated/α-hetero) is 1.